The molecule has 1 aliphatic heterocycles. The van der Waals surface area contributed by atoms with E-state index in [1.54, 1.807) is 0 Å². The van der Waals surface area contributed by atoms with Gasteiger partial charge in [0.1, 0.15) is 5.82 Å². The second-order valence-electron chi connectivity index (χ2n) is 8.16. The molecule has 1 aromatic carbocycles. The van der Waals surface area contributed by atoms with Gasteiger partial charge in [-0.25, -0.2) is 13.6 Å². The monoisotopic (exact) mass is 471 g/mol. The minimum atomic E-state index is -2.55. The van der Waals surface area contributed by atoms with Gasteiger partial charge in [-0.3, -0.25) is 4.40 Å². The van der Waals surface area contributed by atoms with Crippen molar-refractivity contribution in [1.82, 2.24) is 14.6 Å². The Bertz CT molecular complexity index is 1130. The van der Waals surface area contributed by atoms with E-state index in [1.165, 1.54) is 5.56 Å². The summed E-state index contributed by atoms with van der Waals surface area (Å²) in [5, 5.41) is 8.42. The second-order valence-corrected chi connectivity index (χ2v) is 8.95. The zero-order valence-corrected chi connectivity index (χ0v) is 17.8. The number of pyridine rings is 1. The van der Waals surface area contributed by atoms with E-state index in [0.717, 1.165) is 36.1 Å². The molecule has 1 aliphatic carbocycles. The van der Waals surface area contributed by atoms with Gasteiger partial charge in [0.15, 0.2) is 11.3 Å². The van der Waals surface area contributed by atoms with Gasteiger partial charge in [0.2, 0.25) is 0 Å². The highest BCUT2D eigenvalue weighted by atomic mass is 79.9. The molecule has 0 N–H and O–H groups in total. The lowest BCUT2D eigenvalue weighted by molar-refractivity contribution is 0.0984. The SMILES string of the molecule is [C-]#[N+]c1ccc(C2CCN(c3ccn4c(CC5CC5(F)F)nnc4c3Br)CC2)cc1. The average Bonchev–Trinajstić information content (AvgIpc) is 3.16. The number of benzene rings is 1. The van der Waals surface area contributed by atoms with Crippen LogP contribution in [-0.4, -0.2) is 33.6 Å². The maximum absolute atomic E-state index is 13.3. The van der Waals surface area contributed by atoms with Gasteiger partial charge < -0.3 is 4.90 Å². The molecule has 0 bridgehead atoms. The van der Waals surface area contributed by atoms with E-state index in [0.29, 0.717) is 23.1 Å². The number of fused-ring (bicyclic) bond motifs is 1. The molecule has 0 spiro atoms. The molecule has 5 nitrogen and oxygen atoms in total. The van der Waals surface area contributed by atoms with Crippen LogP contribution in [0.2, 0.25) is 0 Å². The fourth-order valence-electron chi connectivity index (χ4n) is 4.33. The molecule has 3 heterocycles. The highest BCUT2D eigenvalue weighted by molar-refractivity contribution is 9.10. The summed E-state index contributed by atoms with van der Waals surface area (Å²) in [4.78, 5) is 5.79. The van der Waals surface area contributed by atoms with Gasteiger partial charge >= 0.3 is 0 Å². The molecule has 1 unspecified atom stereocenters. The second kappa shape index (κ2) is 7.31. The number of nitrogens with zero attached hydrogens (tertiary/aromatic N) is 5. The minimum Gasteiger partial charge on any atom is -0.370 e. The lowest BCUT2D eigenvalue weighted by Gasteiger charge is -2.34. The minimum absolute atomic E-state index is 0.0588. The first kappa shape index (κ1) is 19.4. The van der Waals surface area contributed by atoms with Gasteiger partial charge in [0.05, 0.1) is 16.7 Å². The summed E-state index contributed by atoms with van der Waals surface area (Å²) in [5.74, 6) is -2.10. The lowest BCUT2D eigenvalue weighted by Crippen LogP contribution is -2.33. The van der Waals surface area contributed by atoms with Crippen LogP contribution in [0.25, 0.3) is 10.5 Å². The summed E-state index contributed by atoms with van der Waals surface area (Å²) in [5.41, 5.74) is 3.69. The van der Waals surface area contributed by atoms with Crippen molar-refractivity contribution in [2.75, 3.05) is 18.0 Å². The fourth-order valence-corrected chi connectivity index (χ4v) is 4.99. The molecule has 0 amide bonds. The van der Waals surface area contributed by atoms with Crippen molar-refractivity contribution in [2.24, 2.45) is 5.92 Å². The van der Waals surface area contributed by atoms with Gasteiger partial charge in [0, 0.05) is 38.0 Å². The highest BCUT2D eigenvalue weighted by Gasteiger charge is 2.56. The molecule has 1 saturated heterocycles. The number of aromatic nitrogens is 3. The summed E-state index contributed by atoms with van der Waals surface area (Å²) in [6, 6.07) is 9.92. The normalized spacial score (nSPS) is 21.0. The molecule has 30 heavy (non-hydrogen) atoms. The Morgan fingerprint density at radius 1 is 1.13 bits per heavy atom. The van der Waals surface area contributed by atoms with Crippen LogP contribution in [0, 0.1) is 12.5 Å². The first-order chi connectivity index (χ1) is 14.5. The summed E-state index contributed by atoms with van der Waals surface area (Å²) in [6.07, 6.45) is 4.14. The number of hydrogen-bond acceptors (Lipinski definition) is 3. The largest absolute Gasteiger partial charge is 0.370 e. The Balaban J connectivity index is 1.31. The topological polar surface area (TPSA) is 37.8 Å². The van der Waals surface area contributed by atoms with Crippen molar-refractivity contribution < 1.29 is 8.78 Å². The van der Waals surface area contributed by atoms with Crippen LogP contribution in [0.1, 0.15) is 36.6 Å². The Morgan fingerprint density at radius 3 is 2.47 bits per heavy atom. The van der Waals surface area contributed by atoms with Crippen LogP contribution in [0.3, 0.4) is 0 Å². The van der Waals surface area contributed by atoms with Gasteiger partial charge in [-0.2, -0.15) is 0 Å². The Kier molecular flexibility index (Phi) is 4.73. The Hall–Kier alpha value is -2.53. The number of hydrogen-bond donors (Lipinski definition) is 0. The van der Waals surface area contributed by atoms with Crippen molar-refractivity contribution in [2.45, 2.75) is 37.5 Å². The summed E-state index contributed by atoms with van der Waals surface area (Å²) >= 11 is 3.67. The molecule has 0 radical (unpaired) electrons. The number of halogens is 3. The molecule has 2 fully saturated rings. The van der Waals surface area contributed by atoms with Crippen molar-refractivity contribution in [1.29, 1.82) is 0 Å². The highest BCUT2D eigenvalue weighted by Crippen LogP contribution is 2.50. The van der Waals surface area contributed by atoms with Crippen LogP contribution >= 0.6 is 15.9 Å². The van der Waals surface area contributed by atoms with Crippen LogP contribution in [-0.2, 0) is 6.42 Å². The maximum Gasteiger partial charge on any atom is 0.252 e. The van der Waals surface area contributed by atoms with Crippen LogP contribution in [0.15, 0.2) is 41.0 Å². The first-order valence-corrected chi connectivity index (χ1v) is 10.9. The molecule has 8 heteroatoms. The van der Waals surface area contributed by atoms with Gasteiger partial charge in [-0.05, 0) is 46.3 Å². The maximum atomic E-state index is 13.3. The lowest BCUT2D eigenvalue weighted by atomic mass is 9.89. The molecule has 5 rings (SSSR count). The summed E-state index contributed by atoms with van der Waals surface area (Å²) in [6.45, 7) is 8.91. The molecule has 1 saturated carbocycles. The van der Waals surface area contributed by atoms with Crippen molar-refractivity contribution in [3.05, 3.63) is 63.8 Å². The summed E-state index contributed by atoms with van der Waals surface area (Å²) < 4.78 is 29.2. The number of piperidine rings is 1. The Morgan fingerprint density at radius 2 is 1.83 bits per heavy atom. The average molecular weight is 472 g/mol. The molecule has 3 aromatic rings. The van der Waals surface area contributed by atoms with Crippen molar-refractivity contribution >= 4 is 33.0 Å². The standard InChI is InChI=1S/C22H20BrF2N5/c1-26-17-4-2-14(3-5-17)15-6-9-29(10-7-15)18-8-11-30-19(12-16-13-22(16,24)25)27-28-21(30)20(18)23/h2-5,8,11,15-16H,6-7,9-10,12-13H2. The number of alkyl halides is 2. The third-order valence-corrected chi connectivity index (χ3v) is 7.04. The molecule has 2 aromatic heterocycles. The quantitative estimate of drug-likeness (QED) is 0.463. The van der Waals surface area contributed by atoms with Gasteiger partial charge in [-0.1, -0.05) is 24.3 Å². The third-order valence-electron chi connectivity index (χ3n) is 6.28. The zero-order chi connectivity index (χ0) is 20.9. The number of rotatable bonds is 4. The smallest absolute Gasteiger partial charge is 0.252 e. The van der Waals surface area contributed by atoms with E-state index in [9.17, 15) is 8.78 Å². The fraction of sp³-hybridized carbons (Fsp3) is 0.409. The van der Waals surface area contributed by atoms with Crippen LogP contribution in [0.4, 0.5) is 20.2 Å². The number of anilines is 1. The molecule has 154 valence electrons. The van der Waals surface area contributed by atoms with Gasteiger partial charge in [-0.15, -0.1) is 10.2 Å². The predicted octanol–water partition coefficient (Wildman–Crippen LogP) is 5.62. The van der Waals surface area contributed by atoms with E-state index in [1.807, 2.05) is 28.8 Å². The molecular weight excluding hydrogens is 452 g/mol. The molecule has 1 atom stereocenters. The van der Waals surface area contributed by atoms with E-state index in [-0.39, 0.29) is 12.8 Å². The van der Waals surface area contributed by atoms with E-state index in [4.69, 9.17) is 6.57 Å². The molecular formula is C22H20BrF2N5. The Labute approximate surface area is 181 Å². The van der Waals surface area contributed by atoms with Crippen LogP contribution in [0.5, 0.6) is 0 Å². The van der Waals surface area contributed by atoms with Crippen molar-refractivity contribution in [3.8, 4) is 0 Å². The predicted molar refractivity (Wildman–Crippen MR) is 114 cm³/mol. The summed E-state index contributed by atoms with van der Waals surface area (Å²) in [7, 11) is 0. The van der Waals surface area contributed by atoms with Gasteiger partial charge in [0.25, 0.3) is 5.92 Å². The van der Waals surface area contributed by atoms with E-state index in [2.05, 4.69) is 48.0 Å². The third kappa shape index (κ3) is 3.45. The zero-order valence-electron chi connectivity index (χ0n) is 16.2. The first-order valence-electron chi connectivity index (χ1n) is 10.1. The van der Waals surface area contributed by atoms with E-state index >= 15 is 0 Å². The van der Waals surface area contributed by atoms with E-state index < -0.39 is 11.8 Å². The van der Waals surface area contributed by atoms with Crippen LogP contribution < -0.4 is 4.90 Å². The van der Waals surface area contributed by atoms with Crippen molar-refractivity contribution in [3.63, 3.8) is 0 Å². The molecule has 2 aliphatic rings.